The van der Waals surface area contributed by atoms with E-state index in [0.717, 1.165) is 12.0 Å². The number of rotatable bonds is 6. The number of hydrogen-bond acceptors (Lipinski definition) is 4. The quantitative estimate of drug-likeness (QED) is 0.564. The maximum Gasteiger partial charge on any atom is 0.459 e. The highest BCUT2D eigenvalue weighted by molar-refractivity contribution is 7.59. The lowest BCUT2D eigenvalue weighted by Crippen LogP contribution is -2.37. The molecule has 0 heterocycles. The van der Waals surface area contributed by atoms with Crippen molar-refractivity contribution in [2.24, 2.45) is 23.7 Å². The van der Waals surface area contributed by atoms with E-state index >= 15 is 0 Å². The Kier molecular flexibility index (Phi) is 3.99. The zero-order valence-corrected chi connectivity index (χ0v) is 15.7. The van der Waals surface area contributed by atoms with E-state index in [1.54, 1.807) is 24.3 Å². The molecule has 0 aliphatic heterocycles. The average Bonchev–Trinajstić information content (AvgIpc) is 3.22. The van der Waals surface area contributed by atoms with Crippen LogP contribution in [0.15, 0.2) is 83.7 Å². The minimum atomic E-state index is -3.65. The molecule has 0 aromatic heterocycles. The zero-order valence-electron chi connectivity index (χ0n) is 14.8. The molecule has 0 spiro atoms. The Morgan fingerprint density at radius 1 is 0.852 bits per heavy atom. The van der Waals surface area contributed by atoms with Crippen molar-refractivity contribution in [2.75, 3.05) is 6.61 Å². The van der Waals surface area contributed by atoms with Gasteiger partial charge in [-0.05, 0) is 54.0 Å². The smallest absolute Gasteiger partial charge is 0.413 e. The van der Waals surface area contributed by atoms with Crippen LogP contribution >= 0.6 is 7.60 Å². The van der Waals surface area contributed by atoms with Crippen LogP contribution in [-0.2, 0) is 4.57 Å². The third-order valence-corrected chi connectivity index (χ3v) is 7.99. The lowest BCUT2D eigenvalue weighted by Gasteiger charge is -2.43. The molecular formula is C22H21O4P. The van der Waals surface area contributed by atoms with Gasteiger partial charge in [-0.3, -0.25) is 0 Å². The highest BCUT2D eigenvalue weighted by atomic mass is 31.2. The van der Waals surface area contributed by atoms with Crippen molar-refractivity contribution in [1.82, 2.24) is 0 Å². The van der Waals surface area contributed by atoms with Gasteiger partial charge < -0.3 is 14.2 Å². The molecule has 1 N–H and O–H groups in total. The first-order chi connectivity index (χ1) is 13.2. The summed E-state index contributed by atoms with van der Waals surface area (Å²) in [6, 6.07) is 18.2. The van der Waals surface area contributed by atoms with Gasteiger partial charge >= 0.3 is 7.60 Å². The molecule has 5 rings (SSSR count). The molecular weight excluding hydrogens is 359 g/mol. The number of hydrogen-bond donors (Lipinski definition) is 1. The van der Waals surface area contributed by atoms with Gasteiger partial charge in [0.05, 0.1) is 11.9 Å². The van der Waals surface area contributed by atoms with E-state index in [0.29, 0.717) is 28.6 Å². The van der Waals surface area contributed by atoms with Gasteiger partial charge in [-0.15, -0.1) is 0 Å². The summed E-state index contributed by atoms with van der Waals surface area (Å²) < 4.78 is 26.1. The third-order valence-electron chi connectivity index (χ3n) is 5.91. The van der Waals surface area contributed by atoms with Crippen LogP contribution in [0, 0.1) is 23.7 Å². The van der Waals surface area contributed by atoms with E-state index in [1.165, 1.54) is 0 Å². The zero-order chi connectivity index (χ0) is 18.4. The van der Waals surface area contributed by atoms with Crippen LogP contribution in [0.5, 0.6) is 11.5 Å². The monoisotopic (exact) mass is 380 g/mol. The van der Waals surface area contributed by atoms with E-state index < -0.39 is 7.60 Å². The summed E-state index contributed by atoms with van der Waals surface area (Å²) in [5, 5.41) is 10.7. The third kappa shape index (κ3) is 2.67. The summed E-state index contributed by atoms with van der Waals surface area (Å²) >= 11 is 0. The number of fused-ring (bicyclic) bond motifs is 5. The Bertz CT molecular complexity index is 905. The largest absolute Gasteiger partial charge is 0.459 e. The van der Waals surface area contributed by atoms with Crippen molar-refractivity contribution in [1.29, 1.82) is 0 Å². The summed E-state index contributed by atoms with van der Waals surface area (Å²) in [6.07, 6.45) is 5.51. The van der Waals surface area contributed by atoms with Gasteiger partial charge in [0.15, 0.2) is 0 Å². The van der Waals surface area contributed by atoms with Crippen molar-refractivity contribution in [3.05, 3.63) is 83.7 Å². The molecule has 0 amide bonds. The molecule has 2 aromatic rings. The fourth-order valence-electron chi connectivity index (χ4n) is 4.86. The van der Waals surface area contributed by atoms with Crippen molar-refractivity contribution < 1.29 is 18.7 Å². The molecule has 0 saturated heterocycles. The first kappa shape index (κ1) is 16.9. The Morgan fingerprint density at radius 3 is 1.89 bits per heavy atom. The average molecular weight is 380 g/mol. The maximum atomic E-state index is 14.1. The molecule has 5 heteroatoms. The van der Waals surface area contributed by atoms with E-state index in [2.05, 4.69) is 12.2 Å². The van der Waals surface area contributed by atoms with Gasteiger partial charge in [0.25, 0.3) is 0 Å². The molecule has 1 fully saturated rings. The van der Waals surface area contributed by atoms with Gasteiger partial charge in [0.1, 0.15) is 11.5 Å². The van der Waals surface area contributed by atoms with E-state index in [4.69, 9.17) is 9.05 Å². The minimum absolute atomic E-state index is 0.103. The van der Waals surface area contributed by atoms with Crippen LogP contribution in [0.25, 0.3) is 0 Å². The molecule has 2 bridgehead atoms. The number of para-hydroxylation sites is 2. The number of benzene rings is 2. The van der Waals surface area contributed by atoms with Crippen molar-refractivity contribution in [3.8, 4) is 11.5 Å². The number of allylic oxidation sites excluding steroid dienone is 3. The van der Waals surface area contributed by atoms with E-state index in [-0.39, 0.29) is 18.4 Å². The summed E-state index contributed by atoms with van der Waals surface area (Å²) in [5.74, 6) is 2.21. The molecule has 1 saturated carbocycles. The van der Waals surface area contributed by atoms with Crippen molar-refractivity contribution in [3.63, 3.8) is 0 Å². The van der Waals surface area contributed by atoms with Crippen LogP contribution in [0.1, 0.15) is 6.42 Å². The first-order valence-corrected chi connectivity index (χ1v) is 10.9. The molecule has 0 radical (unpaired) electrons. The maximum absolute atomic E-state index is 14.1. The Labute approximate surface area is 158 Å². The topological polar surface area (TPSA) is 55.8 Å². The standard InChI is InChI=1S/C22H21O4P/c23-14-19-20-15-11-12-16(13-15)21(20)22(19)27(24,25-17-7-3-1-4-8-17)26-18-9-5-2-6-10-18/h1-12,15-16,20-21,23H,13-14H2. The first-order valence-electron chi connectivity index (χ1n) is 9.31. The fourth-order valence-corrected chi connectivity index (χ4v) is 7.18. The summed E-state index contributed by atoms with van der Waals surface area (Å²) in [6.45, 7) is -0.103. The number of aliphatic hydroxyl groups is 1. The van der Waals surface area contributed by atoms with E-state index in [9.17, 15) is 9.67 Å². The van der Waals surface area contributed by atoms with Gasteiger partial charge in [-0.2, -0.15) is 0 Å². The van der Waals surface area contributed by atoms with Crippen LogP contribution < -0.4 is 9.05 Å². The Morgan fingerprint density at radius 2 is 1.37 bits per heavy atom. The lowest BCUT2D eigenvalue weighted by atomic mass is 9.69. The number of aliphatic hydroxyl groups excluding tert-OH is 1. The van der Waals surface area contributed by atoms with Crippen LogP contribution in [-0.4, -0.2) is 11.7 Å². The molecule has 4 nitrogen and oxygen atoms in total. The van der Waals surface area contributed by atoms with Crippen LogP contribution in [0.2, 0.25) is 0 Å². The van der Waals surface area contributed by atoms with Gasteiger partial charge in [-0.25, -0.2) is 4.57 Å². The van der Waals surface area contributed by atoms with Crippen molar-refractivity contribution >= 4 is 7.60 Å². The second-order valence-corrected chi connectivity index (χ2v) is 9.22. The van der Waals surface area contributed by atoms with Gasteiger partial charge in [-0.1, -0.05) is 48.6 Å². The highest BCUT2D eigenvalue weighted by Gasteiger charge is 2.61. The fraction of sp³-hybridized carbons (Fsp3) is 0.273. The normalized spacial score (nSPS) is 28.0. The predicted octanol–water partition coefficient (Wildman–Crippen LogP) is 5.04. The minimum Gasteiger partial charge on any atom is -0.413 e. The molecule has 3 aliphatic carbocycles. The molecule has 4 atom stereocenters. The lowest BCUT2D eigenvalue weighted by molar-refractivity contribution is 0.251. The SMILES string of the molecule is O=P(Oc1ccccc1)(Oc1ccccc1)C1=C(CO)C2C3C=CC(C3)C12. The Balaban J connectivity index is 1.57. The van der Waals surface area contributed by atoms with Crippen LogP contribution in [0.3, 0.4) is 0 Å². The molecule has 27 heavy (non-hydrogen) atoms. The Hall–Kier alpha value is -2.29. The summed E-state index contributed by atoms with van der Waals surface area (Å²) in [7, 11) is -3.65. The summed E-state index contributed by atoms with van der Waals surface area (Å²) in [5.41, 5.74) is 0.840. The molecule has 4 unspecified atom stereocenters. The predicted molar refractivity (Wildman–Crippen MR) is 104 cm³/mol. The van der Waals surface area contributed by atoms with Crippen molar-refractivity contribution in [2.45, 2.75) is 6.42 Å². The molecule has 138 valence electrons. The highest BCUT2D eigenvalue weighted by Crippen LogP contribution is 2.72. The van der Waals surface area contributed by atoms with Crippen LogP contribution in [0.4, 0.5) is 0 Å². The van der Waals surface area contributed by atoms with E-state index in [1.807, 2.05) is 36.4 Å². The van der Waals surface area contributed by atoms with Gasteiger partial charge in [0.2, 0.25) is 0 Å². The second kappa shape index (κ2) is 6.40. The summed E-state index contributed by atoms with van der Waals surface area (Å²) in [4.78, 5) is 0. The molecule has 3 aliphatic rings. The second-order valence-electron chi connectivity index (χ2n) is 7.37. The molecule has 2 aromatic carbocycles. The van der Waals surface area contributed by atoms with Gasteiger partial charge in [0, 0.05) is 5.92 Å².